The molecule has 3 heterocycles. The summed E-state index contributed by atoms with van der Waals surface area (Å²) in [5.74, 6) is -0.0180. The molecule has 4 nitrogen and oxygen atoms in total. The van der Waals surface area contributed by atoms with E-state index in [0.717, 1.165) is 41.4 Å². The minimum absolute atomic E-state index is 0.0180. The number of benzene rings is 1. The Kier molecular flexibility index (Phi) is 4.14. The average Bonchev–Trinajstić information content (AvgIpc) is 3.11. The number of pyridine rings is 2. The second-order valence-corrected chi connectivity index (χ2v) is 6.87. The number of amides is 1. The fourth-order valence-corrected chi connectivity index (χ4v) is 3.61. The Hall–Kier alpha value is -2.46. The van der Waals surface area contributed by atoms with Crippen LogP contribution in [0.3, 0.4) is 0 Å². The topological polar surface area (TPSA) is 46.1 Å². The highest BCUT2D eigenvalue weighted by Gasteiger charge is 2.31. The molecule has 0 bridgehead atoms. The first-order valence-electron chi connectivity index (χ1n) is 8.41. The second kappa shape index (κ2) is 6.45. The molecule has 25 heavy (non-hydrogen) atoms. The van der Waals surface area contributed by atoms with Gasteiger partial charge in [0.1, 0.15) is 5.69 Å². The van der Waals surface area contributed by atoms with Gasteiger partial charge in [0.05, 0.1) is 11.6 Å². The van der Waals surface area contributed by atoms with Gasteiger partial charge in [-0.3, -0.25) is 9.78 Å². The number of likely N-dealkylation sites (tertiary alicyclic amines) is 1. The van der Waals surface area contributed by atoms with Gasteiger partial charge in [-0.25, -0.2) is 4.98 Å². The van der Waals surface area contributed by atoms with Crippen LogP contribution >= 0.6 is 11.6 Å². The molecule has 1 aliphatic heterocycles. The van der Waals surface area contributed by atoms with E-state index < -0.39 is 0 Å². The SMILES string of the molecule is Cc1cncc2ccc(C(=O)N3CCCC3c3ccc(Cl)cc3)nc12. The molecular weight excluding hydrogens is 334 g/mol. The maximum absolute atomic E-state index is 13.1. The number of carbonyl (C=O) groups is 1. The highest BCUT2D eigenvalue weighted by molar-refractivity contribution is 6.30. The van der Waals surface area contributed by atoms with E-state index in [2.05, 4.69) is 9.97 Å². The fraction of sp³-hybridized carbons (Fsp3) is 0.250. The molecule has 126 valence electrons. The summed E-state index contributed by atoms with van der Waals surface area (Å²) in [6.07, 6.45) is 5.51. The summed E-state index contributed by atoms with van der Waals surface area (Å²) in [5.41, 5.74) is 3.42. The highest BCUT2D eigenvalue weighted by Crippen LogP contribution is 2.33. The van der Waals surface area contributed by atoms with Gasteiger partial charge in [0.15, 0.2) is 0 Å². The van der Waals surface area contributed by atoms with Gasteiger partial charge in [0.2, 0.25) is 0 Å². The summed E-state index contributed by atoms with van der Waals surface area (Å²) in [6, 6.07) is 11.6. The van der Waals surface area contributed by atoms with E-state index in [1.807, 2.05) is 42.2 Å². The predicted octanol–water partition coefficient (Wildman–Crippen LogP) is 4.57. The molecule has 1 amide bonds. The number of fused-ring (bicyclic) bond motifs is 1. The number of hydrogen-bond acceptors (Lipinski definition) is 3. The smallest absolute Gasteiger partial charge is 0.272 e. The van der Waals surface area contributed by atoms with Crippen LogP contribution in [0.4, 0.5) is 0 Å². The van der Waals surface area contributed by atoms with Crippen molar-refractivity contribution in [3.05, 3.63) is 70.6 Å². The Morgan fingerprint density at radius 2 is 1.96 bits per heavy atom. The van der Waals surface area contributed by atoms with Crippen molar-refractivity contribution in [2.24, 2.45) is 0 Å². The quantitative estimate of drug-likeness (QED) is 0.679. The first-order chi connectivity index (χ1) is 12.1. The third kappa shape index (κ3) is 2.98. The third-order valence-electron chi connectivity index (χ3n) is 4.77. The van der Waals surface area contributed by atoms with Gasteiger partial charge in [-0.05, 0) is 55.2 Å². The van der Waals surface area contributed by atoms with Crippen molar-refractivity contribution in [2.75, 3.05) is 6.54 Å². The number of rotatable bonds is 2. The predicted molar refractivity (Wildman–Crippen MR) is 98.7 cm³/mol. The molecule has 0 aliphatic carbocycles. The molecule has 3 aromatic rings. The van der Waals surface area contributed by atoms with E-state index in [1.54, 1.807) is 18.5 Å². The van der Waals surface area contributed by atoms with Crippen LogP contribution in [0.2, 0.25) is 5.02 Å². The van der Waals surface area contributed by atoms with E-state index in [4.69, 9.17) is 11.6 Å². The highest BCUT2D eigenvalue weighted by atomic mass is 35.5. The Labute approximate surface area is 151 Å². The van der Waals surface area contributed by atoms with Crippen LogP contribution in [0.25, 0.3) is 10.9 Å². The molecule has 0 N–H and O–H groups in total. The lowest BCUT2D eigenvalue weighted by Crippen LogP contribution is -2.31. The molecule has 1 saturated heterocycles. The van der Waals surface area contributed by atoms with Crippen molar-refractivity contribution in [2.45, 2.75) is 25.8 Å². The number of aromatic nitrogens is 2. The van der Waals surface area contributed by atoms with Gasteiger partial charge < -0.3 is 4.90 Å². The molecule has 0 saturated carbocycles. The zero-order chi connectivity index (χ0) is 17.4. The van der Waals surface area contributed by atoms with Crippen molar-refractivity contribution in [3.63, 3.8) is 0 Å². The average molecular weight is 352 g/mol. The van der Waals surface area contributed by atoms with Gasteiger partial charge in [0.25, 0.3) is 5.91 Å². The van der Waals surface area contributed by atoms with Crippen LogP contribution in [-0.4, -0.2) is 27.3 Å². The summed E-state index contributed by atoms with van der Waals surface area (Å²) in [6.45, 7) is 2.71. The lowest BCUT2D eigenvalue weighted by atomic mass is 10.0. The summed E-state index contributed by atoms with van der Waals surface area (Å²) in [4.78, 5) is 23.8. The van der Waals surface area contributed by atoms with E-state index in [1.165, 1.54) is 0 Å². The monoisotopic (exact) mass is 351 g/mol. The molecule has 1 aliphatic rings. The maximum Gasteiger partial charge on any atom is 0.272 e. The number of hydrogen-bond donors (Lipinski definition) is 0. The first kappa shape index (κ1) is 16.0. The van der Waals surface area contributed by atoms with Gasteiger partial charge in [-0.15, -0.1) is 0 Å². The molecule has 5 heteroatoms. The molecular formula is C20H18ClN3O. The van der Waals surface area contributed by atoms with Crippen LogP contribution in [-0.2, 0) is 0 Å². The van der Waals surface area contributed by atoms with Crippen LogP contribution in [0.15, 0.2) is 48.8 Å². The van der Waals surface area contributed by atoms with Crippen LogP contribution in [0, 0.1) is 6.92 Å². The number of nitrogens with zero attached hydrogens (tertiary/aromatic N) is 3. The lowest BCUT2D eigenvalue weighted by Gasteiger charge is -2.25. The molecule has 4 rings (SSSR count). The molecule has 1 atom stereocenters. The normalized spacial score (nSPS) is 17.2. The van der Waals surface area contributed by atoms with Crippen LogP contribution in [0.5, 0.6) is 0 Å². The molecule has 0 spiro atoms. The molecule has 1 aromatic carbocycles. The van der Waals surface area contributed by atoms with Crippen molar-refractivity contribution in [1.82, 2.24) is 14.9 Å². The number of halogens is 1. The molecule has 2 aromatic heterocycles. The zero-order valence-corrected chi connectivity index (χ0v) is 14.7. The van der Waals surface area contributed by atoms with Crippen LogP contribution in [0.1, 0.15) is 40.5 Å². The zero-order valence-electron chi connectivity index (χ0n) is 13.9. The Balaban J connectivity index is 1.67. The third-order valence-corrected chi connectivity index (χ3v) is 5.02. The van der Waals surface area contributed by atoms with Crippen molar-refractivity contribution >= 4 is 28.4 Å². The Morgan fingerprint density at radius 1 is 1.16 bits per heavy atom. The number of carbonyl (C=O) groups excluding carboxylic acids is 1. The van der Waals surface area contributed by atoms with Gasteiger partial charge in [-0.2, -0.15) is 0 Å². The lowest BCUT2D eigenvalue weighted by molar-refractivity contribution is 0.0730. The van der Waals surface area contributed by atoms with Crippen molar-refractivity contribution < 1.29 is 4.79 Å². The largest absolute Gasteiger partial charge is 0.330 e. The van der Waals surface area contributed by atoms with Crippen molar-refractivity contribution in [1.29, 1.82) is 0 Å². The maximum atomic E-state index is 13.1. The van der Waals surface area contributed by atoms with Gasteiger partial charge in [-0.1, -0.05) is 23.7 Å². The van der Waals surface area contributed by atoms with Crippen LogP contribution < -0.4 is 0 Å². The van der Waals surface area contributed by atoms with E-state index >= 15 is 0 Å². The molecule has 1 fully saturated rings. The van der Waals surface area contributed by atoms with Gasteiger partial charge >= 0.3 is 0 Å². The van der Waals surface area contributed by atoms with Crippen molar-refractivity contribution in [3.8, 4) is 0 Å². The second-order valence-electron chi connectivity index (χ2n) is 6.43. The minimum Gasteiger partial charge on any atom is -0.330 e. The van der Waals surface area contributed by atoms with E-state index in [-0.39, 0.29) is 11.9 Å². The van der Waals surface area contributed by atoms with Gasteiger partial charge in [0, 0.05) is 29.3 Å². The molecule has 1 unspecified atom stereocenters. The number of aryl methyl sites for hydroxylation is 1. The summed E-state index contributed by atoms with van der Waals surface area (Å²) in [7, 11) is 0. The summed E-state index contributed by atoms with van der Waals surface area (Å²) < 4.78 is 0. The Morgan fingerprint density at radius 3 is 2.76 bits per heavy atom. The van der Waals surface area contributed by atoms with E-state index in [9.17, 15) is 4.79 Å². The fourth-order valence-electron chi connectivity index (χ4n) is 3.49. The first-order valence-corrected chi connectivity index (χ1v) is 8.79. The Bertz CT molecular complexity index is 939. The standard InChI is InChI=1S/C20H18ClN3O/c1-13-11-22-12-15-6-9-17(23-19(13)15)20(25)24-10-2-3-18(24)14-4-7-16(21)8-5-14/h4-9,11-12,18H,2-3,10H2,1H3. The van der Waals surface area contributed by atoms with E-state index in [0.29, 0.717) is 10.7 Å². The summed E-state index contributed by atoms with van der Waals surface area (Å²) >= 11 is 5.99. The minimum atomic E-state index is -0.0180. The molecule has 0 radical (unpaired) electrons. The summed E-state index contributed by atoms with van der Waals surface area (Å²) in [5, 5.41) is 1.66.